The van der Waals surface area contributed by atoms with Gasteiger partial charge in [0.1, 0.15) is 5.56 Å². The Bertz CT molecular complexity index is 558. The predicted octanol–water partition coefficient (Wildman–Crippen LogP) is 2.58. The summed E-state index contributed by atoms with van der Waals surface area (Å²) in [6, 6.07) is 1.69. The highest BCUT2D eigenvalue weighted by molar-refractivity contribution is 5.99. The van der Waals surface area contributed by atoms with E-state index in [1.165, 1.54) is 4.90 Å². The SMILES string of the molecule is CCC(C)(C)N(C)C(=O)c1cc(N)c(F)cc1[N+](=O)[O-]. The predicted molar refractivity (Wildman–Crippen MR) is 73.9 cm³/mol. The van der Waals surface area contributed by atoms with Gasteiger partial charge in [0.2, 0.25) is 0 Å². The first-order valence-corrected chi connectivity index (χ1v) is 6.13. The zero-order valence-corrected chi connectivity index (χ0v) is 11.9. The number of anilines is 1. The fraction of sp³-hybridized carbons (Fsp3) is 0.462. The van der Waals surface area contributed by atoms with E-state index in [2.05, 4.69) is 0 Å². The van der Waals surface area contributed by atoms with E-state index >= 15 is 0 Å². The van der Waals surface area contributed by atoms with E-state index in [1.54, 1.807) is 7.05 Å². The van der Waals surface area contributed by atoms with Gasteiger partial charge in [-0.2, -0.15) is 0 Å². The van der Waals surface area contributed by atoms with Crippen molar-refractivity contribution in [3.05, 3.63) is 33.6 Å². The molecule has 0 saturated carbocycles. The molecule has 1 aromatic rings. The van der Waals surface area contributed by atoms with Crippen LogP contribution in [0, 0.1) is 15.9 Å². The highest BCUT2D eigenvalue weighted by Gasteiger charge is 2.31. The Labute approximate surface area is 116 Å². The third-order valence-electron chi connectivity index (χ3n) is 3.62. The molecule has 0 unspecified atom stereocenters. The van der Waals surface area contributed by atoms with E-state index < -0.39 is 27.9 Å². The molecule has 0 aliphatic carbocycles. The molecular formula is C13H18FN3O3. The van der Waals surface area contributed by atoms with Gasteiger partial charge in [0.15, 0.2) is 5.82 Å². The number of rotatable bonds is 4. The first kappa shape index (κ1) is 15.9. The van der Waals surface area contributed by atoms with Crippen LogP contribution in [0.2, 0.25) is 0 Å². The lowest BCUT2D eigenvalue weighted by Gasteiger charge is -2.34. The number of nitro benzene ring substituents is 1. The minimum atomic E-state index is -0.911. The number of carbonyl (C=O) groups is 1. The third-order valence-corrected chi connectivity index (χ3v) is 3.62. The average molecular weight is 283 g/mol. The molecule has 0 bridgehead atoms. The Morgan fingerprint density at radius 2 is 2.05 bits per heavy atom. The number of amides is 1. The van der Waals surface area contributed by atoms with Gasteiger partial charge in [-0.05, 0) is 26.3 Å². The maximum Gasteiger partial charge on any atom is 0.285 e. The lowest BCUT2D eigenvalue weighted by molar-refractivity contribution is -0.385. The Morgan fingerprint density at radius 1 is 1.50 bits per heavy atom. The Kier molecular flexibility index (Phi) is 4.32. The van der Waals surface area contributed by atoms with Gasteiger partial charge < -0.3 is 10.6 Å². The van der Waals surface area contributed by atoms with Crippen molar-refractivity contribution in [1.29, 1.82) is 0 Å². The lowest BCUT2D eigenvalue weighted by atomic mass is 9.98. The van der Waals surface area contributed by atoms with Crippen LogP contribution in [0.4, 0.5) is 15.8 Å². The fourth-order valence-corrected chi connectivity index (χ4v) is 1.59. The van der Waals surface area contributed by atoms with E-state index in [0.29, 0.717) is 12.5 Å². The van der Waals surface area contributed by atoms with Crippen LogP contribution in [0.3, 0.4) is 0 Å². The van der Waals surface area contributed by atoms with E-state index in [4.69, 9.17) is 5.73 Å². The van der Waals surface area contributed by atoms with E-state index in [0.717, 1.165) is 6.07 Å². The summed E-state index contributed by atoms with van der Waals surface area (Å²) in [6.45, 7) is 5.57. The number of nitrogens with zero attached hydrogens (tertiary/aromatic N) is 2. The quantitative estimate of drug-likeness (QED) is 0.522. The molecule has 6 nitrogen and oxygen atoms in total. The summed E-state index contributed by atoms with van der Waals surface area (Å²) in [4.78, 5) is 23.9. The van der Waals surface area contributed by atoms with Crippen molar-refractivity contribution in [2.45, 2.75) is 32.7 Å². The summed E-state index contributed by atoms with van der Waals surface area (Å²) in [5.41, 5.74) is 3.84. The molecule has 0 heterocycles. The van der Waals surface area contributed by atoms with Crippen LogP contribution in [-0.2, 0) is 0 Å². The molecular weight excluding hydrogens is 265 g/mol. The molecule has 0 aliphatic heterocycles. The van der Waals surface area contributed by atoms with Gasteiger partial charge in [-0.25, -0.2) is 4.39 Å². The topological polar surface area (TPSA) is 89.5 Å². The smallest absolute Gasteiger partial charge is 0.285 e. The fourth-order valence-electron chi connectivity index (χ4n) is 1.59. The molecule has 1 aromatic carbocycles. The van der Waals surface area contributed by atoms with Gasteiger partial charge in [-0.3, -0.25) is 14.9 Å². The molecule has 0 aromatic heterocycles. The monoisotopic (exact) mass is 283 g/mol. The summed E-state index contributed by atoms with van der Waals surface area (Å²) >= 11 is 0. The first-order valence-electron chi connectivity index (χ1n) is 6.13. The Hall–Kier alpha value is -2.18. The average Bonchev–Trinajstić information content (AvgIpc) is 2.39. The molecule has 0 spiro atoms. The molecule has 1 amide bonds. The van der Waals surface area contributed by atoms with Gasteiger partial charge in [0.25, 0.3) is 11.6 Å². The number of hydrogen-bond acceptors (Lipinski definition) is 4. The molecule has 0 atom stereocenters. The Balaban J connectivity index is 3.35. The number of nitro groups is 1. The van der Waals surface area contributed by atoms with Crippen molar-refractivity contribution in [2.75, 3.05) is 12.8 Å². The van der Waals surface area contributed by atoms with Crippen LogP contribution in [-0.4, -0.2) is 28.3 Å². The van der Waals surface area contributed by atoms with Crippen molar-refractivity contribution >= 4 is 17.3 Å². The van der Waals surface area contributed by atoms with Crippen molar-refractivity contribution < 1.29 is 14.1 Å². The number of benzene rings is 1. The molecule has 0 radical (unpaired) electrons. The van der Waals surface area contributed by atoms with E-state index in [9.17, 15) is 19.3 Å². The molecule has 110 valence electrons. The highest BCUT2D eigenvalue weighted by atomic mass is 19.1. The molecule has 2 N–H and O–H groups in total. The number of carbonyl (C=O) groups excluding carboxylic acids is 1. The molecule has 0 aliphatic rings. The van der Waals surface area contributed by atoms with Gasteiger partial charge >= 0.3 is 0 Å². The maximum atomic E-state index is 13.3. The highest BCUT2D eigenvalue weighted by Crippen LogP contribution is 2.28. The van der Waals surface area contributed by atoms with Crippen LogP contribution in [0.25, 0.3) is 0 Å². The van der Waals surface area contributed by atoms with Crippen molar-refractivity contribution in [1.82, 2.24) is 4.90 Å². The maximum absolute atomic E-state index is 13.3. The van der Waals surface area contributed by atoms with Crippen LogP contribution < -0.4 is 5.73 Å². The van der Waals surface area contributed by atoms with Gasteiger partial charge in [0, 0.05) is 12.6 Å². The summed E-state index contributed by atoms with van der Waals surface area (Å²) in [5, 5.41) is 11.0. The molecule has 0 saturated heterocycles. The van der Waals surface area contributed by atoms with E-state index in [-0.39, 0.29) is 11.3 Å². The summed E-state index contributed by atoms with van der Waals surface area (Å²) in [5.74, 6) is -1.47. The van der Waals surface area contributed by atoms with Crippen LogP contribution >= 0.6 is 0 Å². The summed E-state index contributed by atoms with van der Waals surface area (Å²) < 4.78 is 13.3. The van der Waals surface area contributed by atoms with Crippen LogP contribution in [0.1, 0.15) is 37.6 Å². The first-order chi connectivity index (χ1) is 9.11. The summed E-state index contributed by atoms with van der Waals surface area (Å²) in [6.07, 6.45) is 0.666. The largest absolute Gasteiger partial charge is 0.396 e. The Morgan fingerprint density at radius 3 is 2.50 bits per heavy atom. The molecule has 0 fully saturated rings. The lowest BCUT2D eigenvalue weighted by Crippen LogP contribution is -2.44. The third kappa shape index (κ3) is 2.87. The van der Waals surface area contributed by atoms with Gasteiger partial charge in [-0.15, -0.1) is 0 Å². The number of nitrogen functional groups attached to an aromatic ring is 1. The second kappa shape index (κ2) is 5.44. The summed E-state index contributed by atoms with van der Waals surface area (Å²) in [7, 11) is 1.55. The molecule has 20 heavy (non-hydrogen) atoms. The minimum absolute atomic E-state index is 0.210. The van der Waals surface area contributed by atoms with E-state index in [1.807, 2.05) is 20.8 Å². The van der Waals surface area contributed by atoms with Crippen molar-refractivity contribution in [3.63, 3.8) is 0 Å². The number of halogens is 1. The minimum Gasteiger partial charge on any atom is -0.396 e. The van der Waals surface area contributed by atoms with Gasteiger partial charge in [0.05, 0.1) is 16.7 Å². The second-order valence-corrected chi connectivity index (χ2v) is 5.18. The number of hydrogen-bond donors (Lipinski definition) is 1. The van der Waals surface area contributed by atoms with Crippen LogP contribution in [0.15, 0.2) is 12.1 Å². The molecule has 1 rings (SSSR count). The van der Waals surface area contributed by atoms with Crippen molar-refractivity contribution in [2.24, 2.45) is 0 Å². The molecule has 7 heteroatoms. The zero-order valence-electron chi connectivity index (χ0n) is 11.9. The van der Waals surface area contributed by atoms with Crippen LogP contribution in [0.5, 0.6) is 0 Å². The zero-order chi connectivity index (χ0) is 15.7. The van der Waals surface area contributed by atoms with Crippen molar-refractivity contribution in [3.8, 4) is 0 Å². The standard InChI is InChI=1S/C13H18FN3O3/c1-5-13(2,3)16(4)12(18)8-6-10(15)9(14)7-11(8)17(19)20/h6-7H,5,15H2,1-4H3. The second-order valence-electron chi connectivity index (χ2n) is 5.18. The number of nitrogens with two attached hydrogens (primary N) is 1. The van der Waals surface area contributed by atoms with Gasteiger partial charge in [-0.1, -0.05) is 6.92 Å². The normalized spacial score (nSPS) is 11.2.